The van der Waals surface area contributed by atoms with E-state index in [-0.39, 0.29) is 18.0 Å². The maximum atomic E-state index is 11.3. The predicted molar refractivity (Wildman–Crippen MR) is 53.2 cm³/mol. The van der Waals surface area contributed by atoms with E-state index in [0.717, 1.165) is 6.42 Å². The summed E-state index contributed by atoms with van der Waals surface area (Å²) in [4.78, 5) is 11.3. The number of carbonyl (C=O) groups is 1. The lowest BCUT2D eigenvalue weighted by atomic mass is 10.1. The van der Waals surface area contributed by atoms with Gasteiger partial charge in [0, 0.05) is 6.54 Å². The molecular weight excluding hydrogens is 166 g/mol. The van der Waals surface area contributed by atoms with Crippen molar-refractivity contribution in [3.63, 3.8) is 0 Å². The molecule has 0 saturated carbocycles. The maximum Gasteiger partial charge on any atom is 0.310 e. The van der Waals surface area contributed by atoms with E-state index in [0.29, 0.717) is 12.5 Å². The summed E-state index contributed by atoms with van der Waals surface area (Å²) in [6, 6.07) is 0. The third kappa shape index (κ3) is 5.64. The lowest BCUT2D eigenvalue weighted by Gasteiger charge is -2.17. The van der Waals surface area contributed by atoms with Gasteiger partial charge in [-0.05, 0) is 19.3 Å². The van der Waals surface area contributed by atoms with E-state index in [1.807, 2.05) is 6.92 Å². The van der Waals surface area contributed by atoms with E-state index in [2.05, 4.69) is 13.8 Å². The van der Waals surface area contributed by atoms with Crippen molar-refractivity contribution in [2.75, 3.05) is 6.54 Å². The van der Waals surface area contributed by atoms with Crippen LogP contribution in [0.2, 0.25) is 0 Å². The van der Waals surface area contributed by atoms with Gasteiger partial charge in [0.25, 0.3) is 0 Å². The van der Waals surface area contributed by atoms with Crippen LogP contribution in [0.3, 0.4) is 0 Å². The molecule has 2 N–H and O–H groups in total. The molecule has 0 amide bonds. The molecule has 0 aliphatic rings. The van der Waals surface area contributed by atoms with E-state index in [1.165, 1.54) is 0 Å². The van der Waals surface area contributed by atoms with Crippen molar-refractivity contribution in [2.24, 2.45) is 17.6 Å². The first kappa shape index (κ1) is 12.4. The number of hydrogen-bond acceptors (Lipinski definition) is 3. The van der Waals surface area contributed by atoms with Crippen LogP contribution in [-0.2, 0) is 9.53 Å². The summed E-state index contributed by atoms with van der Waals surface area (Å²) in [6.07, 6.45) is 0.907. The maximum absolute atomic E-state index is 11.3. The fourth-order valence-corrected chi connectivity index (χ4v) is 1.12. The Morgan fingerprint density at radius 1 is 1.31 bits per heavy atom. The van der Waals surface area contributed by atoms with Gasteiger partial charge < -0.3 is 10.5 Å². The van der Waals surface area contributed by atoms with E-state index in [9.17, 15) is 4.79 Å². The van der Waals surface area contributed by atoms with Crippen LogP contribution < -0.4 is 5.73 Å². The minimum Gasteiger partial charge on any atom is -0.462 e. The average Bonchev–Trinajstić information content (AvgIpc) is 2.01. The van der Waals surface area contributed by atoms with E-state index in [4.69, 9.17) is 10.5 Å². The summed E-state index contributed by atoms with van der Waals surface area (Å²) in [5, 5.41) is 0. The Morgan fingerprint density at radius 2 is 1.85 bits per heavy atom. The van der Waals surface area contributed by atoms with Gasteiger partial charge in [0.2, 0.25) is 0 Å². The van der Waals surface area contributed by atoms with Crippen LogP contribution in [0.25, 0.3) is 0 Å². The standard InChI is InChI=1S/C10H21NO2/c1-7(2)5-9(4)13-10(12)8(3)6-11/h7-9H,5-6,11H2,1-4H3. The average molecular weight is 187 g/mol. The molecule has 0 radical (unpaired) electrons. The zero-order chi connectivity index (χ0) is 10.4. The summed E-state index contributed by atoms with van der Waals surface area (Å²) < 4.78 is 5.19. The minimum absolute atomic E-state index is 0.00139. The molecule has 0 rings (SSSR count). The Kier molecular flexibility index (Phi) is 5.71. The highest BCUT2D eigenvalue weighted by Crippen LogP contribution is 2.09. The third-order valence-corrected chi connectivity index (χ3v) is 1.88. The van der Waals surface area contributed by atoms with E-state index >= 15 is 0 Å². The smallest absolute Gasteiger partial charge is 0.310 e. The van der Waals surface area contributed by atoms with Gasteiger partial charge in [0.05, 0.1) is 12.0 Å². The van der Waals surface area contributed by atoms with Crippen molar-refractivity contribution in [2.45, 2.75) is 40.2 Å². The Morgan fingerprint density at radius 3 is 2.23 bits per heavy atom. The lowest BCUT2D eigenvalue weighted by molar-refractivity contribution is -0.152. The van der Waals surface area contributed by atoms with Crippen LogP contribution in [-0.4, -0.2) is 18.6 Å². The summed E-state index contributed by atoms with van der Waals surface area (Å²) in [5.41, 5.74) is 5.35. The number of esters is 1. The normalized spacial score (nSPS) is 15.5. The molecular formula is C10H21NO2. The number of rotatable bonds is 5. The van der Waals surface area contributed by atoms with Crippen LogP contribution in [0.4, 0.5) is 0 Å². The molecule has 0 saturated heterocycles. The van der Waals surface area contributed by atoms with E-state index < -0.39 is 0 Å². The molecule has 0 spiro atoms. The van der Waals surface area contributed by atoms with Gasteiger partial charge in [-0.15, -0.1) is 0 Å². The largest absolute Gasteiger partial charge is 0.462 e. The number of ether oxygens (including phenoxy) is 1. The van der Waals surface area contributed by atoms with Crippen molar-refractivity contribution >= 4 is 5.97 Å². The number of carbonyl (C=O) groups excluding carboxylic acids is 1. The highest BCUT2D eigenvalue weighted by atomic mass is 16.5. The zero-order valence-electron chi connectivity index (χ0n) is 9.04. The first-order valence-corrected chi connectivity index (χ1v) is 4.88. The Hall–Kier alpha value is -0.570. The second-order valence-corrected chi connectivity index (χ2v) is 4.01. The van der Waals surface area contributed by atoms with Crippen molar-refractivity contribution in [1.82, 2.24) is 0 Å². The Labute approximate surface area is 80.6 Å². The molecule has 0 aromatic carbocycles. The second-order valence-electron chi connectivity index (χ2n) is 4.01. The molecule has 0 aliphatic carbocycles. The van der Waals surface area contributed by atoms with Gasteiger partial charge in [-0.1, -0.05) is 20.8 Å². The first-order valence-electron chi connectivity index (χ1n) is 4.88. The monoisotopic (exact) mass is 187 g/mol. The second kappa shape index (κ2) is 5.97. The van der Waals surface area contributed by atoms with Crippen LogP contribution in [0, 0.1) is 11.8 Å². The SMILES string of the molecule is CC(C)CC(C)OC(=O)C(C)CN. The van der Waals surface area contributed by atoms with Crippen LogP contribution in [0.1, 0.15) is 34.1 Å². The summed E-state index contributed by atoms with van der Waals surface area (Å²) in [7, 11) is 0. The number of hydrogen-bond donors (Lipinski definition) is 1. The van der Waals surface area contributed by atoms with Gasteiger partial charge in [0.1, 0.15) is 0 Å². The van der Waals surface area contributed by atoms with Crippen molar-refractivity contribution in [1.29, 1.82) is 0 Å². The van der Waals surface area contributed by atoms with Crippen LogP contribution in [0.5, 0.6) is 0 Å². The Bertz CT molecular complexity index is 157. The third-order valence-electron chi connectivity index (χ3n) is 1.88. The van der Waals surface area contributed by atoms with Gasteiger partial charge in [0.15, 0.2) is 0 Å². The van der Waals surface area contributed by atoms with Crippen LogP contribution >= 0.6 is 0 Å². The molecule has 0 fully saturated rings. The summed E-state index contributed by atoms with van der Waals surface area (Å²) in [6.45, 7) is 8.27. The molecule has 0 aromatic rings. The molecule has 0 aromatic heterocycles. The van der Waals surface area contributed by atoms with Crippen LogP contribution in [0.15, 0.2) is 0 Å². The Balaban J connectivity index is 3.77. The number of nitrogens with two attached hydrogens (primary N) is 1. The van der Waals surface area contributed by atoms with Gasteiger partial charge in [-0.25, -0.2) is 0 Å². The zero-order valence-corrected chi connectivity index (χ0v) is 9.04. The van der Waals surface area contributed by atoms with Crippen molar-refractivity contribution in [3.8, 4) is 0 Å². The topological polar surface area (TPSA) is 52.3 Å². The molecule has 78 valence electrons. The molecule has 2 unspecified atom stereocenters. The first-order chi connectivity index (χ1) is 5.97. The van der Waals surface area contributed by atoms with Gasteiger partial charge in [-0.3, -0.25) is 4.79 Å². The summed E-state index contributed by atoms with van der Waals surface area (Å²) >= 11 is 0. The molecule has 0 heterocycles. The highest BCUT2D eigenvalue weighted by molar-refractivity contribution is 5.72. The van der Waals surface area contributed by atoms with Crippen molar-refractivity contribution in [3.05, 3.63) is 0 Å². The molecule has 0 bridgehead atoms. The quantitative estimate of drug-likeness (QED) is 0.664. The molecule has 2 atom stereocenters. The highest BCUT2D eigenvalue weighted by Gasteiger charge is 2.16. The predicted octanol–water partition coefficient (Wildman–Crippen LogP) is 1.56. The summed E-state index contributed by atoms with van der Waals surface area (Å²) in [5.74, 6) is 0.182. The molecule has 3 heteroatoms. The van der Waals surface area contributed by atoms with Crippen molar-refractivity contribution < 1.29 is 9.53 Å². The fraction of sp³-hybridized carbons (Fsp3) is 0.900. The molecule has 3 nitrogen and oxygen atoms in total. The molecule has 13 heavy (non-hydrogen) atoms. The minimum atomic E-state index is -0.186. The van der Waals surface area contributed by atoms with Gasteiger partial charge >= 0.3 is 5.97 Å². The van der Waals surface area contributed by atoms with Gasteiger partial charge in [-0.2, -0.15) is 0 Å². The lowest BCUT2D eigenvalue weighted by Crippen LogP contribution is -2.26. The fourth-order valence-electron chi connectivity index (χ4n) is 1.12. The van der Waals surface area contributed by atoms with E-state index in [1.54, 1.807) is 6.92 Å². The molecule has 0 aliphatic heterocycles.